The van der Waals surface area contributed by atoms with Gasteiger partial charge in [-0.2, -0.15) is 0 Å². The molecule has 5 nitrogen and oxygen atoms in total. The highest BCUT2D eigenvalue weighted by molar-refractivity contribution is 5.81. The molecule has 23 heavy (non-hydrogen) atoms. The van der Waals surface area contributed by atoms with Gasteiger partial charge in [-0.1, -0.05) is 24.3 Å². The van der Waals surface area contributed by atoms with Gasteiger partial charge in [0.15, 0.2) is 17.2 Å². The molecule has 5 heteroatoms. The first-order valence-electron chi connectivity index (χ1n) is 7.49. The molecule has 0 saturated heterocycles. The first-order valence-corrected chi connectivity index (χ1v) is 7.49. The Labute approximate surface area is 135 Å². The molecule has 122 valence electrons. The Hall–Kier alpha value is -2.53. The third kappa shape index (κ3) is 4.72. The van der Waals surface area contributed by atoms with Crippen molar-refractivity contribution in [2.75, 3.05) is 6.61 Å². The third-order valence-corrected chi connectivity index (χ3v) is 3.48. The molecule has 0 spiro atoms. The summed E-state index contributed by atoms with van der Waals surface area (Å²) in [6, 6.07) is 12.0. The van der Waals surface area contributed by atoms with Gasteiger partial charge in [0.25, 0.3) is 0 Å². The van der Waals surface area contributed by atoms with Crippen molar-refractivity contribution in [1.82, 2.24) is 0 Å². The normalized spacial score (nSPS) is 10.3. The Balaban J connectivity index is 1.95. The number of ether oxygens (including phenoxy) is 1. The fourth-order valence-electron chi connectivity index (χ4n) is 2.31. The Kier molecular flexibility index (Phi) is 6.00. The number of para-hydroxylation sites is 1. The zero-order valence-corrected chi connectivity index (χ0v) is 13.0. The number of benzene rings is 2. The van der Waals surface area contributed by atoms with Gasteiger partial charge in [0.05, 0.1) is 6.61 Å². The molecular weight excluding hydrogens is 296 g/mol. The molecule has 2 rings (SSSR count). The summed E-state index contributed by atoms with van der Waals surface area (Å²) >= 11 is 0. The predicted molar refractivity (Wildman–Crippen MR) is 86.0 cm³/mol. The molecule has 0 aliphatic heterocycles. The number of hydrogen-bond acceptors (Lipinski definition) is 5. The maximum absolute atomic E-state index is 12.1. The number of aryl methyl sites for hydroxylation is 1. The van der Waals surface area contributed by atoms with Crippen LogP contribution in [0.4, 0.5) is 0 Å². The number of carbonyl (C=O) groups excluding carboxylic acids is 1. The average Bonchev–Trinajstić information content (AvgIpc) is 2.56. The number of hydrogen-bond donors (Lipinski definition) is 2. The highest BCUT2D eigenvalue weighted by Gasteiger charge is 2.10. The van der Waals surface area contributed by atoms with Crippen molar-refractivity contribution in [3.8, 4) is 17.2 Å². The minimum absolute atomic E-state index is 0.0422. The van der Waals surface area contributed by atoms with Gasteiger partial charge in [0.2, 0.25) is 0 Å². The van der Waals surface area contributed by atoms with Crippen molar-refractivity contribution in [2.24, 2.45) is 0 Å². The van der Waals surface area contributed by atoms with E-state index in [1.807, 2.05) is 6.92 Å². The second kappa shape index (κ2) is 8.19. The maximum atomic E-state index is 12.1. The molecular formula is C18H20O5. The van der Waals surface area contributed by atoms with Crippen LogP contribution in [0.5, 0.6) is 17.2 Å². The van der Waals surface area contributed by atoms with Gasteiger partial charge in [-0.25, -0.2) is 5.26 Å². The Morgan fingerprint density at radius 2 is 1.91 bits per heavy atom. The molecule has 0 aliphatic rings. The number of Topliss-reactive ketones (excluding diaryl/α,β-unsaturated/α-hetero) is 1. The van der Waals surface area contributed by atoms with Crippen LogP contribution >= 0.6 is 0 Å². The summed E-state index contributed by atoms with van der Waals surface area (Å²) in [5.41, 5.74) is 1.58. The maximum Gasteiger partial charge on any atom is 0.168 e. The predicted octanol–water partition coefficient (Wildman–Crippen LogP) is 3.39. The first-order chi connectivity index (χ1) is 11.1. The summed E-state index contributed by atoms with van der Waals surface area (Å²) < 4.78 is 5.33. The highest BCUT2D eigenvalue weighted by atomic mass is 17.1. The monoisotopic (exact) mass is 316 g/mol. The van der Waals surface area contributed by atoms with E-state index in [9.17, 15) is 9.90 Å². The first kappa shape index (κ1) is 16.8. The molecule has 0 heterocycles. The minimum Gasteiger partial charge on any atom is -0.504 e. The zero-order chi connectivity index (χ0) is 16.7. The summed E-state index contributed by atoms with van der Waals surface area (Å²) in [7, 11) is 0. The van der Waals surface area contributed by atoms with E-state index in [1.165, 1.54) is 0 Å². The number of rotatable bonds is 8. The van der Waals surface area contributed by atoms with E-state index in [0.717, 1.165) is 5.56 Å². The van der Waals surface area contributed by atoms with E-state index in [1.54, 1.807) is 42.5 Å². The van der Waals surface area contributed by atoms with E-state index in [2.05, 4.69) is 4.89 Å². The van der Waals surface area contributed by atoms with Crippen LogP contribution < -0.4 is 9.62 Å². The van der Waals surface area contributed by atoms with Crippen molar-refractivity contribution < 1.29 is 24.8 Å². The van der Waals surface area contributed by atoms with Crippen LogP contribution in [-0.4, -0.2) is 22.8 Å². The van der Waals surface area contributed by atoms with Gasteiger partial charge < -0.3 is 14.7 Å². The Bertz CT molecular complexity index is 666. The lowest BCUT2D eigenvalue weighted by atomic mass is 10.0. The van der Waals surface area contributed by atoms with Crippen LogP contribution in [0.15, 0.2) is 42.5 Å². The standard InChI is InChI=1S/C18H20O5/c1-2-22-18-11-13(8-10-16(18)20)7-9-15(19)12-14-5-3-4-6-17(14)23-21/h3-6,8,10-11,20-21H,2,7,9,12H2,1H3. The molecule has 0 radical (unpaired) electrons. The van der Waals surface area contributed by atoms with E-state index in [4.69, 9.17) is 9.99 Å². The smallest absolute Gasteiger partial charge is 0.168 e. The molecule has 2 aromatic carbocycles. The van der Waals surface area contributed by atoms with Gasteiger partial charge >= 0.3 is 0 Å². The molecule has 0 bridgehead atoms. The van der Waals surface area contributed by atoms with Crippen LogP contribution in [0.2, 0.25) is 0 Å². The lowest BCUT2D eigenvalue weighted by Crippen LogP contribution is -2.06. The molecule has 0 aliphatic carbocycles. The van der Waals surface area contributed by atoms with E-state index >= 15 is 0 Å². The largest absolute Gasteiger partial charge is 0.504 e. The number of aromatic hydroxyl groups is 1. The lowest BCUT2D eigenvalue weighted by Gasteiger charge is -2.09. The van der Waals surface area contributed by atoms with Crippen LogP contribution in [0.1, 0.15) is 24.5 Å². The molecule has 2 aromatic rings. The van der Waals surface area contributed by atoms with Crippen molar-refractivity contribution in [3.63, 3.8) is 0 Å². The Morgan fingerprint density at radius 3 is 2.65 bits per heavy atom. The summed E-state index contributed by atoms with van der Waals surface area (Å²) in [4.78, 5) is 16.4. The lowest BCUT2D eigenvalue weighted by molar-refractivity contribution is -0.138. The van der Waals surface area contributed by atoms with Gasteiger partial charge in [0, 0.05) is 18.4 Å². The van der Waals surface area contributed by atoms with E-state index < -0.39 is 0 Å². The van der Waals surface area contributed by atoms with E-state index in [0.29, 0.717) is 36.5 Å². The number of phenolic OH excluding ortho intramolecular Hbond substituents is 1. The molecule has 0 saturated carbocycles. The zero-order valence-electron chi connectivity index (χ0n) is 13.0. The molecule has 0 fully saturated rings. The van der Waals surface area contributed by atoms with Crippen molar-refractivity contribution in [3.05, 3.63) is 53.6 Å². The topological polar surface area (TPSA) is 76.0 Å². The molecule has 0 amide bonds. The van der Waals surface area contributed by atoms with Gasteiger partial charge in [-0.05, 0) is 37.1 Å². The summed E-state index contributed by atoms with van der Waals surface area (Å²) in [5.74, 6) is 0.858. The van der Waals surface area contributed by atoms with Gasteiger partial charge in [-0.3, -0.25) is 4.79 Å². The number of carbonyl (C=O) groups is 1. The van der Waals surface area contributed by atoms with Crippen molar-refractivity contribution in [1.29, 1.82) is 0 Å². The van der Waals surface area contributed by atoms with Crippen molar-refractivity contribution >= 4 is 5.78 Å². The van der Waals surface area contributed by atoms with Crippen molar-refractivity contribution in [2.45, 2.75) is 26.2 Å². The Morgan fingerprint density at radius 1 is 1.13 bits per heavy atom. The van der Waals surface area contributed by atoms with E-state index in [-0.39, 0.29) is 18.0 Å². The van der Waals surface area contributed by atoms with Crippen LogP contribution in [-0.2, 0) is 17.6 Å². The number of ketones is 1. The SMILES string of the molecule is CCOc1cc(CCC(=O)Cc2ccccc2OO)ccc1O. The fraction of sp³-hybridized carbons (Fsp3) is 0.278. The fourth-order valence-corrected chi connectivity index (χ4v) is 2.31. The molecule has 2 N–H and O–H groups in total. The van der Waals surface area contributed by atoms with Gasteiger partial charge in [-0.15, -0.1) is 0 Å². The second-order valence-electron chi connectivity index (χ2n) is 5.15. The average molecular weight is 316 g/mol. The summed E-state index contributed by atoms with van der Waals surface area (Å²) in [6.07, 6.45) is 1.12. The van der Waals surface area contributed by atoms with Gasteiger partial charge in [0.1, 0.15) is 5.78 Å². The van der Waals surface area contributed by atoms with Crippen LogP contribution in [0, 0.1) is 0 Å². The summed E-state index contributed by atoms with van der Waals surface area (Å²) in [6.45, 7) is 2.31. The molecule has 0 atom stereocenters. The third-order valence-electron chi connectivity index (χ3n) is 3.48. The molecule has 0 unspecified atom stereocenters. The number of phenols is 1. The second-order valence-corrected chi connectivity index (χ2v) is 5.15. The quantitative estimate of drug-likeness (QED) is 0.577. The minimum atomic E-state index is 0.0422. The summed E-state index contributed by atoms with van der Waals surface area (Å²) in [5, 5.41) is 18.5. The molecule has 0 aromatic heterocycles. The highest BCUT2D eigenvalue weighted by Crippen LogP contribution is 2.27. The van der Waals surface area contributed by atoms with Crippen LogP contribution in [0.3, 0.4) is 0 Å². The van der Waals surface area contributed by atoms with Crippen LogP contribution in [0.25, 0.3) is 0 Å².